The van der Waals surface area contributed by atoms with E-state index in [1.54, 1.807) is 6.20 Å². The van der Waals surface area contributed by atoms with Crippen molar-refractivity contribution in [2.45, 2.75) is 37.8 Å². The first-order valence-corrected chi connectivity index (χ1v) is 7.75. The molecule has 0 saturated heterocycles. The van der Waals surface area contributed by atoms with Crippen molar-refractivity contribution in [3.63, 3.8) is 0 Å². The minimum Gasteiger partial charge on any atom is -0.478 e. The molecule has 0 radical (unpaired) electrons. The van der Waals surface area contributed by atoms with Crippen molar-refractivity contribution in [2.24, 2.45) is 0 Å². The van der Waals surface area contributed by atoms with E-state index in [9.17, 15) is 13.6 Å². The smallest absolute Gasteiger partial charge is 0.338 e. The Morgan fingerprint density at radius 2 is 1.96 bits per heavy atom. The summed E-state index contributed by atoms with van der Waals surface area (Å²) in [6, 6.07) is 3.72. The van der Waals surface area contributed by atoms with E-state index in [-0.39, 0.29) is 11.7 Å². The zero-order valence-corrected chi connectivity index (χ0v) is 12.9. The summed E-state index contributed by atoms with van der Waals surface area (Å²) in [7, 11) is 0. The SMILES string of the molecule is Nc1ncc([C@H]2CC[C@H](F)CC2)nc1-c1ccc(C(=O)O)c(F)c1. The van der Waals surface area contributed by atoms with Crippen LogP contribution in [0.3, 0.4) is 0 Å². The Hall–Kier alpha value is -2.57. The van der Waals surface area contributed by atoms with Gasteiger partial charge in [0.2, 0.25) is 0 Å². The van der Waals surface area contributed by atoms with E-state index >= 15 is 0 Å². The molecule has 5 nitrogen and oxygen atoms in total. The summed E-state index contributed by atoms with van der Waals surface area (Å²) in [6.45, 7) is 0. The van der Waals surface area contributed by atoms with Gasteiger partial charge in [-0.15, -0.1) is 0 Å². The van der Waals surface area contributed by atoms with Crippen molar-refractivity contribution in [1.29, 1.82) is 0 Å². The molecule has 1 aromatic carbocycles. The molecule has 0 aliphatic heterocycles. The summed E-state index contributed by atoms with van der Waals surface area (Å²) in [5.74, 6) is -1.95. The van der Waals surface area contributed by atoms with Gasteiger partial charge in [-0.1, -0.05) is 6.07 Å². The number of hydrogen-bond acceptors (Lipinski definition) is 4. The standard InChI is InChI=1S/C17H17F2N3O2/c18-11-4-1-9(2-5-11)14-8-21-16(20)15(22-14)10-3-6-12(17(23)24)13(19)7-10/h3,6-9,11H,1-2,4-5H2,(H2,20,21)(H,23,24)/t9-,11-. The molecule has 0 unspecified atom stereocenters. The van der Waals surface area contributed by atoms with Gasteiger partial charge in [0, 0.05) is 11.5 Å². The van der Waals surface area contributed by atoms with Crippen LogP contribution in [0.2, 0.25) is 0 Å². The largest absolute Gasteiger partial charge is 0.478 e. The van der Waals surface area contributed by atoms with E-state index in [1.807, 2.05) is 0 Å². The Kier molecular flexibility index (Phi) is 4.42. The molecule has 0 spiro atoms. The Morgan fingerprint density at radius 1 is 1.25 bits per heavy atom. The molecule has 1 aliphatic rings. The summed E-state index contributed by atoms with van der Waals surface area (Å²) in [4.78, 5) is 19.5. The average Bonchev–Trinajstić information content (AvgIpc) is 2.55. The van der Waals surface area contributed by atoms with E-state index in [0.717, 1.165) is 6.07 Å². The predicted octanol–water partition coefficient (Wildman–Crippen LogP) is 3.56. The number of aromatic nitrogens is 2. The zero-order valence-electron chi connectivity index (χ0n) is 12.9. The van der Waals surface area contributed by atoms with Gasteiger partial charge in [0.1, 0.15) is 23.5 Å². The van der Waals surface area contributed by atoms with Crippen LogP contribution >= 0.6 is 0 Å². The van der Waals surface area contributed by atoms with E-state index in [2.05, 4.69) is 9.97 Å². The number of nitrogen functional groups attached to an aromatic ring is 1. The van der Waals surface area contributed by atoms with Gasteiger partial charge in [-0.05, 0) is 37.8 Å². The Labute approximate surface area is 137 Å². The lowest BCUT2D eigenvalue weighted by Crippen LogP contribution is -2.15. The van der Waals surface area contributed by atoms with Crippen LogP contribution in [0, 0.1) is 5.82 Å². The molecule has 0 amide bonds. The number of carboxylic acid groups (broad SMARTS) is 1. The zero-order chi connectivity index (χ0) is 17.3. The van der Waals surface area contributed by atoms with Gasteiger partial charge in [0.05, 0.1) is 17.5 Å². The first-order chi connectivity index (χ1) is 11.5. The molecule has 7 heteroatoms. The summed E-state index contributed by atoms with van der Waals surface area (Å²) < 4.78 is 27.2. The van der Waals surface area contributed by atoms with E-state index in [0.29, 0.717) is 42.6 Å². The minimum atomic E-state index is -1.34. The van der Waals surface area contributed by atoms with Crippen LogP contribution in [0.4, 0.5) is 14.6 Å². The van der Waals surface area contributed by atoms with Gasteiger partial charge < -0.3 is 10.8 Å². The monoisotopic (exact) mass is 333 g/mol. The number of carboxylic acids is 1. The topological polar surface area (TPSA) is 89.1 Å². The maximum absolute atomic E-state index is 13.9. The maximum Gasteiger partial charge on any atom is 0.338 e. The number of carbonyl (C=O) groups is 1. The van der Waals surface area contributed by atoms with Gasteiger partial charge in [-0.2, -0.15) is 0 Å². The number of hydrogen-bond donors (Lipinski definition) is 2. The fourth-order valence-electron chi connectivity index (χ4n) is 3.01. The molecule has 1 fully saturated rings. The average molecular weight is 333 g/mol. The second-order valence-electron chi connectivity index (χ2n) is 5.98. The Morgan fingerprint density at radius 3 is 2.58 bits per heavy atom. The van der Waals surface area contributed by atoms with Gasteiger partial charge in [0.25, 0.3) is 0 Å². The Bertz CT molecular complexity index is 774. The number of nitrogens with two attached hydrogens (primary N) is 1. The highest BCUT2D eigenvalue weighted by Gasteiger charge is 2.24. The molecule has 24 heavy (non-hydrogen) atoms. The van der Waals surface area contributed by atoms with E-state index in [4.69, 9.17) is 10.8 Å². The lowest BCUT2D eigenvalue weighted by Gasteiger charge is -2.24. The third-order valence-corrected chi connectivity index (χ3v) is 4.37. The molecule has 1 aliphatic carbocycles. The van der Waals surface area contributed by atoms with Gasteiger partial charge in [-0.25, -0.2) is 23.5 Å². The fraction of sp³-hybridized carbons (Fsp3) is 0.353. The Balaban J connectivity index is 1.94. The van der Waals surface area contributed by atoms with Gasteiger partial charge in [-0.3, -0.25) is 0 Å². The number of alkyl halides is 1. The third kappa shape index (κ3) is 3.20. The first-order valence-electron chi connectivity index (χ1n) is 7.75. The highest BCUT2D eigenvalue weighted by atomic mass is 19.1. The molecule has 126 valence electrons. The second-order valence-corrected chi connectivity index (χ2v) is 5.98. The van der Waals surface area contributed by atoms with Crippen LogP contribution in [0.5, 0.6) is 0 Å². The minimum absolute atomic E-state index is 0.104. The van der Waals surface area contributed by atoms with Crippen LogP contribution in [0.15, 0.2) is 24.4 Å². The van der Waals surface area contributed by atoms with E-state index < -0.39 is 23.5 Å². The number of aromatic carboxylic acids is 1. The molecule has 0 atom stereocenters. The molecule has 1 aromatic heterocycles. The molecule has 1 heterocycles. The number of nitrogens with zero attached hydrogens (tertiary/aromatic N) is 2. The lowest BCUT2D eigenvalue weighted by atomic mass is 9.86. The molecule has 3 rings (SSSR count). The number of anilines is 1. The summed E-state index contributed by atoms with van der Waals surface area (Å²) in [5, 5.41) is 8.89. The maximum atomic E-state index is 13.9. The molecule has 1 saturated carbocycles. The van der Waals surface area contributed by atoms with Crippen LogP contribution in [-0.4, -0.2) is 27.2 Å². The first kappa shape index (κ1) is 16.3. The van der Waals surface area contributed by atoms with Crippen molar-refractivity contribution in [1.82, 2.24) is 9.97 Å². The van der Waals surface area contributed by atoms with Crippen LogP contribution in [0.1, 0.15) is 47.7 Å². The third-order valence-electron chi connectivity index (χ3n) is 4.37. The second kappa shape index (κ2) is 6.51. The van der Waals surface area contributed by atoms with Gasteiger partial charge >= 0.3 is 5.97 Å². The van der Waals surface area contributed by atoms with E-state index in [1.165, 1.54) is 12.1 Å². The van der Waals surface area contributed by atoms with Crippen molar-refractivity contribution >= 4 is 11.8 Å². The highest BCUT2D eigenvalue weighted by Crippen LogP contribution is 2.34. The van der Waals surface area contributed by atoms with Crippen LogP contribution in [0.25, 0.3) is 11.3 Å². The summed E-state index contributed by atoms with van der Waals surface area (Å²) in [5.41, 5.74) is 6.81. The molecule has 0 bridgehead atoms. The van der Waals surface area contributed by atoms with Crippen LogP contribution in [-0.2, 0) is 0 Å². The van der Waals surface area contributed by atoms with Crippen LogP contribution < -0.4 is 5.73 Å². The van der Waals surface area contributed by atoms with Crippen molar-refractivity contribution < 1.29 is 18.7 Å². The molecular weight excluding hydrogens is 316 g/mol. The number of benzene rings is 1. The normalized spacial score (nSPS) is 20.8. The highest BCUT2D eigenvalue weighted by molar-refractivity contribution is 5.88. The fourth-order valence-corrected chi connectivity index (χ4v) is 3.01. The summed E-state index contributed by atoms with van der Waals surface area (Å²) in [6.07, 6.45) is 3.17. The summed E-state index contributed by atoms with van der Waals surface area (Å²) >= 11 is 0. The molecule has 3 N–H and O–H groups in total. The predicted molar refractivity (Wildman–Crippen MR) is 84.9 cm³/mol. The molecule has 2 aromatic rings. The van der Waals surface area contributed by atoms with Crippen molar-refractivity contribution in [3.8, 4) is 11.3 Å². The van der Waals surface area contributed by atoms with Gasteiger partial charge in [0.15, 0.2) is 0 Å². The number of rotatable bonds is 3. The molecular formula is C17H17F2N3O2. The number of halogens is 2. The van der Waals surface area contributed by atoms with Crippen molar-refractivity contribution in [3.05, 3.63) is 41.5 Å². The lowest BCUT2D eigenvalue weighted by molar-refractivity contribution is 0.0692. The van der Waals surface area contributed by atoms with Crippen molar-refractivity contribution in [2.75, 3.05) is 5.73 Å². The quantitative estimate of drug-likeness (QED) is 0.896.